The van der Waals surface area contributed by atoms with Crippen molar-refractivity contribution in [1.29, 1.82) is 0 Å². The van der Waals surface area contributed by atoms with Gasteiger partial charge in [0.25, 0.3) is 0 Å². The van der Waals surface area contributed by atoms with Crippen molar-refractivity contribution in [2.45, 2.75) is 52.4 Å². The third kappa shape index (κ3) is 3.68. The van der Waals surface area contributed by atoms with Gasteiger partial charge in [-0.1, -0.05) is 53.7 Å². The molecule has 1 aromatic carbocycles. The zero-order chi connectivity index (χ0) is 14.1. The van der Waals surface area contributed by atoms with E-state index in [1.54, 1.807) is 6.07 Å². The summed E-state index contributed by atoms with van der Waals surface area (Å²) in [5, 5.41) is 0. The lowest BCUT2D eigenvalue weighted by Gasteiger charge is -2.32. The summed E-state index contributed by atoms with van der Waals surface area (Å²) in [5.41, 5.74) is 1.95. The Morgan fingerprint density at radius 1 is 1.06 bits per heavy atom. The van der Waals surface area contributed by atoms with Crippen LogP contribution in [0.1, 0.15) is 52.7 Å². The molecule has 0 fully saturated rings. The molecule has 18 heavy (non-hydrogen) atoms. The van der Waals surface area contributed by atoms with Gasteiger partial charge < -0.3 is 14.3 Å². The molecule has 0 aliphatic rings. The molecule has 0 saturated heterocycles. The minimum absolute atomic E-state index is 0.0386. The SMILES string of the molecule is CC(C)(C)c1cccc(OP([O-])O)c1C(C)(C)C. The zero-order valence-electron chi connectivity index (χ0n) is 11.9. The fourth-order valence-corrected chi connectivity index (χ4v) is 2.41. The van der Waals surface area contributed by atoms with E-state index in [1.807, 2.05) is 6.07 Å². The van der Waals surface area contributed by atoms with Crippen LogP contribution in [0.2, 0.25) is 0 Å². The summed E-state index contributed by atoms with van der Waals surface area (Å²) in [6.07, 6.45) is 0. The third-order valence-corrected chi connectivity index (χ3v) is 3.11. The summed E-state index contributed by atoms with van der Waals surface area (Å²) in [6, 6.07) is 5.67. The monoisotopic (exact) mass is 269 g/mol. The van der Waals surface area contributed by atoms with Crippen molar-refractivity contribution in [3.8, 4) is 5.75 Å². The van der Waals surface area contributed by atoms with Crippen molar-refractivity contribution >= 4 is 8.60 Å². The second-order valence-electron chi connectivity index (χ2n) is 6.51. The van der Waals surface area contributed by atoms with E-state index in [0.717, 1.165) is 11.1 Å². The van der Waals surface area contributed by atoms with E-state index in [-0.39, 0.29) is 10.8 Å². The molecular weight excluding hydrogens is 247 g/mol. The number of rotatable bonds is 2. The zero-order valence-corrected chi connectivity index (χ0v) is 12.8. The first-order valence-electron chi connectivity index (χ1n) is 6.01. The standard InChI is InChI=1S/C14H22O3P/c1-13(2,3)10-8-7-9-11(17-18(15)16)12(10)14(4,5)6/h7-9,15H,1-6H3/q-1. The summed E-state index contributed by atoms with van der Waals surface area (Å²) < 4.78 is 5.07. The van der Waals surface area contributed by atoms with Gasteiger partial charge >= 0.3 is 0 Å². The maximum Gasteiger partial charge on any atom is 0.144 e. The van der Waals surface area contributed by atoms with Gasteiger partial charge in [-0.3, -0.25) is 0 Å². The molecule has 0 aliphatic carbocycles. The molecule has 1 rings (SSSR count). The van der Waals surface area contributed by atoms with Crippen LogP contribution in [0.3, 0.4) is 0 Å². The molecule has 0 aromatic heterocycles. The van der Waals surface area contributed by atoms with Crippen molar-refractivity contribution in [1.82, 2.24) is 0 Å². The van der Waals surface area contributed by atoms with Crippen LogP contribution in [0.15, 0.2) is 18.2 Å². The predicted molar refractivity (Wildman–Crippen MR) is 73.6 cm³/mol. The quantitative estimate of drug-likeness (QED) is 0.838. The normalized spacial score (nSPS) is 14.4. The van der Waals surface area contributed by atoms with Gasteiger partial charge in [0, 0.05) is 5.56 Å². The highest BCUT2D eigenvalue weighted by Crippen LogP contribution is 2.42. The molecule has 0 aliphatic heterocycles. The van der Waals surface area contributed by atoms with Crippen LogP contribution in [-0.4, -0.2) is 4.89 Å². The molecule has 1 unspecified atom stereocenters. The molecule has 0 saturated carbocycles. The van der Waals surface area contributed by atoms with Crippen molar-refractivity contribution < 1.29 is 14.3 Å². The van der Waals surface area contributed by atoms with Gasteiger partial charge in [0.1, 0.15) is 14.4 Å². The van der Waals surface area contributed by atoms with Gasteiger partial charge in [0.15, 0.2) is 0 Å². The molecule has 0 amide bonds. The molecule has 3 nitrogen and oxygen atoms in total. The van der Waals surface area contributed by atoms with Crippen LogP contribution in [0.25, 0.3) is 0 Å². The number of hydrogen-bond donors (Lipinski definition) is 1. The first-order chi connectivity index (χ1) is 8.03. The lowest BCUT2D eigenvalue weighted by molar-refractivity contribution is -0.191. The molecule has 102 valence electrons. The Morgan fingerprint density at radius 3 is 2.00 bits per heavy atom. The Bertz CT molecular complexity index is 414. The second-order valence-corrected chi connectivity index (χ2v) is 7.17. The highest BCUT2D eigenvalue weighted by molar-refractivity contribution is 7.38. The number of hydrogen-bond acceptors (Lipinski definition) is 3. The lowest BCUT2D eigenvalue weighted by atomic mass is 9.75. The van der Waals surface area contributed by atoms with Crippen LogP contribution in [-0.2, 0) is 10.8 Å². The molecule has 0 spiro atoms. The topological polar surface area (TPSA) is 52.5 Å². The average Bonchev–Trinajstić information content (AvgIpc) is 2.13. The predicted octanol–water partition coefficient (Wildman–Crippen LogP) is 3.24. The summed E-state index contributed by atoms with van der Waals surface area (Å²) in [4.78, 5) is 19.9. The van der Waals surface area contributed by atoms with Gasteiger partial charge in [0.2, 0.25) is 0 Å². The van der Waals surface area contributed by atoms with Crippen LogP contribution < -0.4 is 9.42 Å². The van der Waals surface area contributed by atoms with Crippen LogP contribution in [0.5, 0.6) is 5.75 Å². The summed E-state index contributed by atoms with van der Waals surface area (Å²) in [6.45, 7) is 12.6. The molecule has 1 N–H and O–H groups in total. The molecule has 1 aromatic rings. The lowest BCUT2D eigenvalue weighted by Crippen LogP contribution is -2.23. The van der Waals surface area contributed by atoms with Gasteiger partial charge in [-0.05, 0) is 22.5 Å². The Hall–Kier alpha value is -0.630. The Labute approximate surface area is 111 Å². The largest absolute Gasteiger partial charge is 0.776 e. The summed E-state index contributed by atoms with van der Waals surface area (Å²) in [5.74, 6) is 0.499. The fourth-order valence-electron chi connectivity index (χ4n) is 2.09. The van der Waals surface area contributed by atoms with E-state index in [2.05, 4.69) is 47.6 Å². The minimum atomic E-state index is -2.64. The fraction of sp³-hybridized carbons (Fsp3) is 0.571. The van der Waals surface area contributed by atoms with Crippen molar-refractivity contribution in [2.24, 2.45) is 0 Å². The van der Waals surface area contributed by atoms with Gasteiger partial charge in [-0.25, -0.2) is 0 Å². The molecular formula is C14H22O3P-. The second kappa shape index (κ2) is 5.16. The van der Waals surface area contributed by atoms with E-state index < -0.39 is 8.60 Å². The van der Waals surface area contributed by atoms with Crippen LogP contribution in [0, 0.1) is 0 Å². The van der Waals surface area contributed by atoms with Gasteiger partial charge in [-0.15, -0.1) is 0 Å². The van der Waals surface area contributed by atoms with Gasteiger partial charge in [0.05, 0.1) is 0 Å². The molecule has 0 bridgehead atoms. The van der Waals surface area contributed by atoms with Crippen LogP contribution >= 0.6 is 8.60 Å². The molecule has 1 atom stereocenters. The third-order valence-electron chi connectivity index (χ3n) is 2.76. The maximum atomic E-state index is 10.9. The highest BCUT2D eigenvalue weighted by atomic mass is 31.2. The van der Waals surface area contributed by atoms with E-state index >= 15 is 0 Å². The smallest absolute Gasteiger partial charge is 0.144 e. The first-order valence-corrected chi connectivity index (χ1v) is 7.14. The summed E-state index contributed by atoms with van der Waals surface area (Å²) >= 11 is 0. The van der Waals surface area contributed by atoms with Crippen molar-refractivity contribution in [2.75, 3.05) is 0 Å². The molecule has 4 heteroatoms. The van der Waals surface area contributed by atoms with E-state index in [0.29, 0.717) is 5.75 Å². The molecule has 0 radical (unpaired) electrons. The Kier molecular flexibility index (Phi) is 4.42. The maximum absolute atomic E-state index is 10.9. The van der Waals surface area contributed by atoms with Crippen LogP contribution in [0.4, 0.5) is 0 Å². The number of benzene rings is 1. The Balaban J connectivity index is 3.46. The van der Waals surface area contributed by atoms with E-state index in [9.17, 15) is 4.89 Å². The Morgan fingerprint density at radius 2 is 1.61 bits per heavy atom. The first kappa shape index (κ1) is 15.4. The highest BCUT2D eigenvalue weighted by Gasteiger charge is 2.28. The summed E-state index contributed by atoms with van der Waals surface area (Å²) in [7, 11) is -2.64. The van der Waals surface area contributed by atoms with Crippen molar-refractivity contribution in [3.63, 3.8) is 0 Å². The molecule has 0 heterocycles. The van der Waals surface area contributed by atoms with E-state index in [1.165, 1.54) is 0 Å². The van der Waals surface area contributed by atoms with Crippen molar-refractivity contribution in [3.05, 3.63) is 29.3 Å². The minimum Gasteiger partial charge on any atom is -0.776 e. The average molecular weight is 269 g/mol. The van der Waals surface area contributed by atoms with E-state index in [4.69, 9.17) is 9.42 Å². The van der Waals surface area contributed by atoms with Gasteiger partial charge in [-0.2, -0.15) is 0 Å².